The van der Waals surface area contributed by atoms with E-state index in [2.05, 4.69) is 36.9 Å². The van der Waals surface area contributed by atoms with Crippen LogP contribution < -0.4 is 60.6 Å². The van der Waals surface area contributed by atoms with Gasteiger partial charge in [-0.25, -0.2) is 0 Å². The Balaban J connectivity index is 1.51. The van der Waals surface area contributed by atoms with E-state index in [1.807, 2.05) is 13.8 Å². The topological polar surface area (TPSA) is 392 Å². The summed E-state index contributed by atoms with van der Waals surface area (Å²) in [6, 6.07) is 14.2. The molecule has 3 aromatic rings. The van der Waals surface area contributed by atoms with Gasteiger partial charge in [0.2, 0.25) is 53.2 Å². The zero-order chi connectivity index (χ0) is 54.5. The lowest BCUT2D eigenvalue weighted by Gasteiger charge is -2.30. The molecule has 0 spiro atoms. The van der Waals surface area contributed by atoms with Crippen molar-refractivity contribution in [1.82, 2.24) is 36.8 Å². The highest BCUT2D eigenvalue weighted by atomic mass is 16.3. The van der Waals surface area contributed by atoms with Gasteiger partial charge in [0, 0.05) is 25.9 Å². The average molecular weight is 1030 g/mol. The van der Waals surface area contributed by atoms with Crippen LogP contribution >= 0.6 is 0 Å². The van der Waals surface area contributed by atoms with Crippen molar-refractivity contribution in [2.45, 2.75) is 127 Å². The lowest BCUT2D eigenvalue weighted by atomic mass is 9.99. The number of phenols is 1. The van der Waals surface area contributed by atoms with Crippen molar-refractivity contribution in [3.63, 3.8) is 0 Å². The van der Waals surface area contributed by atoms with Gasteiger partial charge in [-0.15, -0.1) is 0 Å². The molecule has 4 rings (SSSR count). The van der Waals surface area contributed by atoms with Crippen LogP contribution in [0.4, 0.5) is 0 Å². The molecular formula is C51H71N13O10. The van der Waals surface area contributed by atoms with Gasteiger partial charge in [0.05, 0.1) is 12.5 Å². The van der Waals surface area contributed by atoms with E-state index in [9.17, 15) is 48.3 Å². The fourth-order valence-electron chi connectivity index (χ4n) is 8.29. The summed E-state index contributed by atoms with van der Waals surface area (Å²) in [5.74, 6) is -7.18. The van der Waals surface area contributed by atoms with E-state index >= 15 is 0 Å². The first-order chi connectivity index (χ1) is 35.1. The summed E-state index contributed by atoms with van der Waals surface area (Å²) in [5, 5.41) is 25.7. The molecular weight excluding hydrogens is 955 g/mol. The van der Waals surface area contributed by atoms with Crippen LogP contribution in [0.1, 0.15) is 76.0 Å². The highest BCUT2D eigenvalue weighted by molar-refractivity contribution is 5.98. The van der Waals surface area contributed by atoms with Crippen molar-refractivity contribution >= 4 is 59.1 Å². The molecule has 1 heterocycles. The van der Waals surface area contributed by atoms with Crippen LogP contribution in [0.15, 0.2) is 89.9 Å². The molecule has 9 amide bonds. The number of nitrogens with one attached hydrogen (secondary N) is 6. The number of benzene rings is 3. The molecule has 1 aliphatic heterocycles. The van der Waals surface area contributed by atoms with Gasteiger partial charge in [-0.3, -0.25) is 48.1 Å². The molecule has 1 fully saturated rings. The highest BCUT2D eigenvalue weighted by Gasteiger charge is 2.39. The van der Waals surface area contributed by atoms with Gasteiger partial charge in [0.25, 0.3) is 0 Å². The normalized spacial score (nSPS) is 15.9. The molecule has 0 aliphatic carbocycles. The van der Waals surface area contributed by atoms with Crippen LogP contribution in [0.5, 0.6) is 5.75 Å². The maximum absolute atomic E-state index is 14.4. The van der Waals surface area contributed by atoms with Gasteiger partial charge >= 0.3 is 0 Å². The summed E-state index contributed by atoms with van der Waals surface area (Å²) in [6.45, 7) is 5.33. The minimum atomic E-state index is -1.47. The van der Waals surface area contributed by atoms with Gasteiger partial charge in [-0.05, 0) is 80.2 Å². The smallest absolute Gasteiger partial charge is 0.245 e. The SMILES string of the molecule is CC(C)C[C@H](NC(=O)[C@H](Cc1ccccc1)NC(=O)[C@@H](N)Cc1ccc(O)cc1)C(=O)N[C@@H](Cc1ccccc1)C(=O)N[C@@H](C)C(=O)N1CCC[C@H]1C(=O)N[C@@H](CCCN=C(N)N)C(=O)N[C@@H](CC(N)=O)C(N)=O. The number of aromatic hydroxyl groups is 1. The summed E-state index contributed by atoms with van der Waals surface area (Å²) < 4.78 is 0. The molecule has 400 valence electrons. The molecule has 0 aromatic heterocycles. The van der Waals surface area contributed by atoms with E-state index in [4.69, 9.17) is 28.7 Å². The van der Waals surface area contributed by atoms with Gasteiger partial charge in [-0.1, -0.05) is 86.6 Å². The first-order valence-electron chi connectivity index (χ1n) is 24.5. The number of phenolic OH excluding ortho intramolecular Hbond substituents is 1. The second-order valence-corrected chi connectivity index (χ2v) is 18.7. The van der Waals surface area contributed by atoms with E-state index in [0.29, 0.717) is 17.5 Å². The third-order valence-corrected chi connectivity index (χ3v) is 12.1. The summed E-state index contributed by atoms with van der Waals surface area (Å²) in [6.07, 6.45) is 0.448. The fraction of sp³-hybridized carbons (Fsp3) is 0.451. The number of hydrogen-bond donors (Lipinski definition) is 12. The van der Waals surface area contributed by atoms with Crippen LogP contribution in [-0.4, -0.2) is 131 Å². The quantitative estimate of drug-likeness (QED) is 0.0216. The number of hydrogen-bond acceptors (Lipinski definition) is 12. The lowest BCUT2D eigenvalue weighted by Crippen LogP contribution is -2.60. The maximum Gasteiger partial charge on any atom is 0.245 e. The zero-order valence-corrected chi connectivity index (χ0v) is 42.0. The summed E-state index contributed by atoms with van der Waals surface area (Å²) in [5.41, 5.74) is 29.8. The van der Waals surface area contributed by atoms with Crippen LogP contribution in [-0.2, 0) is 62.4 Å². The van der Waals surface area contributed by atoms with Crippen molar-refractivity contribution in [3.8, 4) is 5.75 Å². The molecule has 1 saturated heterocycles. The lowest BCUT2D eigenvalue weighted by molar-refractivity contribution is -0.142. The third-order valence-electron chi connectivity index (χ3n) is 12.1. The van der Waals surface area contributed by atoms with Crippen molar-refractivity contribution in [1.29, 1.82) is 0 Å². The Morgan fingerprint density at radius 1 is 0.622 bits per heavy atom. The van der Waals surface area contributed by atoms with E-state index in [1.54, 1.807) is 72.8 Å². The number of guanidine groups is 1. The monoisotopic (exact) mass is 1030 g/mol. The predicted molar refractivity (Wildman–Crippen MR) is 274 cm³/mol. The number of rotatable bonds is 28. The first-order valence-corrected chi connectivity index (χ1v) is 24.5. The van der Waals surface area contributed by atoms with E-state index in [1.165, 1.54) is 24.0 Å². The molecule has 17 N–H and O–H groups in total. The van der Waals surface area contributed by atoms with Crippen molar-refractivity contribution in [2.24, 2.45) is 39.6 Å². The molecule has 0 saturated carbocycles. The molecule has 23 heteroatoms. The molecule has 0 unspecified atom stereocenters. The van der Waals surface area contributed by atoms with Crippen LogP contribution in [0.3, 0.4) is 0 Å². The Hall–Kier alpha value is -8.08. The first kappa shape index (κ1) is 58.5. The number of carbonyl (C=O) groups excluding carboxylic acids is 9. The fourth-order valence-corrected chi connectivity index (χ4v) is 8.29. The highest BCUT2D eigenvalue weighted by Crippen LogP contribution is 2.20. The summed E-state index contributed by atoms with van der Waals surface area (Å²) in [4.78, 5) is 127. The summed E-state index contributed by atoms with van der Waals surface area (Å²) >= 11 is 0. The van der Waals surface area contributed by atoms with E-state index in [0.717, 1.165) is 5.56 Å². The largest absolute Gasteiger partial charge is 0.508 e. The minimum Gasteiger partial charge on any atom is -0.508 e. The van der Waals surface area contributed by atoms with Gasteiger partial charge in [-0.2, -0.15) is 0 Å². The molecule has 74 heavy (non-hydrogen) atoms. The standard InChI is InChI=1S/C51H71N13O10/c1-29(2)24-38(62-48(72)40(27-32-14-8-5-9-15-32)61-44(68)35(52)25-33-18-20-34(65)21-19-33)47(71)63-39(26-31-12-6-4-7-13-31)46(70)58-30(3)50(74)64-23-11-17-41(64)49(73)59-36(16-10-22-57-51(55)56)45(69)60-37(43(54)67)28-42(53)66/h4-9,12-15,18-21,29-30,35-41,65H,10-11,16-17,22-28,52H2,1-3H3,(H2,53,66)(H2,54,67)(H,58,70)(H,59,73)(H,60,69)(H,61,68)(H,62,72)(H,63,71)(H4,55,56,57)/t30-,35-,36-,37-,38-,39-,40-,41-/m0/s1. The van der Waals surface area contributed by atoms with Crippen molar-refractivity contribution in [2.75, 3.05) is 13.1 Å². The molecule has 23 nitrogen and oxygen atoms in total. The Bertz CT molecular complexity index is 2440. The predicted octanol–water partition coefficient (Wildman–Crippen LogP) is -1.87. The Morgan fingerprint density at radius 3 is 1.66 bits per heavy atom. The molecule has 0 radical (unpaired) electrons. The molecule has 3 aromatic carbocycles. The molecule has 1 aliphatic rings. The zero-order valence-electron chi connectivity index (χ0n) is 42.0. The number of likely N-dealkylation sites (tertiary alicyclic amines) is 1. The Labute approximate surface area is 429 Å². The second kappa shape index (κ2) is 28.8. The maximum atomic E-state index is 14.4. The van der Waals surface area contributed by atoms with Crippen LogP contribution in [0.2, 0.25) is 0 Å². The number of primary amides is 2. The second-order valence-electron chi connectivity index (χ2n) is 18.7. The van der Waals surface area contributed by atoms with Crippen LogP contribution in [0.25, 0.3) is 0 Å². The average Bonchev–Trinajstić information content (AvgIpc) is 3.85. The Kier molecular flexibility index (Phi) is 22.8. The third kappa shape index (κ3) is 19.2. The van der Waals surface area contributed by atoms with Gasteiger partial charge in [0.15, 0.2) is 5.96 Å². The molecule has 8 atom stereocenters. The van der Waals surface area contributed by atoms with Crippen molar-refractivity contribution in [3.05, 3.63) is 102 Å². The van der Waals surface area contributed by atoms with Crippen LogP contribution in [0, 0.1) is 5.92 Å². The number of nitrogens with zero attached hydrogens (tertiary/aromatic N) is 2. The van der Waals surface area contributed by atoms with E-state index in [-0.39, 0.29) is 75.7 Å². The van der Waals surface area contributed by atoms with Gasteiger partial charge in [0.1, 0.15) is 48.0 Å². The Morgan fingerprint density at radius 2 is 1.12 bits per heavy atom. The number of aliphatic imine (C=N–C) groups is 1. The number of nitrogens with two attached hydrogens (primary N) is 5. The summed E-state index contributed by atoms with van der Waals surface area (Å²) in [7, 11) is 0. The minimum absolute atomic E-state index is 0.0231. The van der Waals surface area contributed by atoms with Gasteiger partial charge < -0.3 is 70.6 Å². The van der Waals surface area contributed by atoms with E-state index < -0.39 is 108 Å². The van der Waals surface area contributed by atoms with Crippen molar-refractivity contribution < 1.29 is 48.3 Å². The number of carbonyl (C=O) groups is 9. The molecule has 0 bridgehead atoms. The number of amides is 9.